The Balaban J connectivity index is 2.26. The second-order valence-corrected chi connectivity index (χ2v) is 12.2. The zero-order valence-corrected chi connectivity index (χ0v) is 20.4. The maximum Gasteiger partial charge on any atom is 0.211 e. The zero-order valence-electron chi connectivity index (χ0n) is 18.8. The van der Waals surface area contributed by atoms with Crippen molar-refractivity contribution < 1.29 is 26.0 Å². The molecule has 0 bridgehead atoms. The molecular weight excluding hydrogens is 477 g/mol. The maximum atomic E-state index is 13.7. The van der Waals surface area contributed by atoms with Gasteiger partial charge in [0.25, 0.3) is 0 Å². The minimum Gasteiger partial charge on any atom is -0.311 e. The first-order chi connectivity index (χ1) is 16.1. The van der Waals surface area contributed by atoms with Crippen molar-refractivity contribution in [3.63, 3.8) is 0 Å². The number of carbonyl (C=O) groups excluding carboxylic acids is 1. The summed E-state index contributed by atoms with van der Waals surface area (Å²) in [5.41, 5.74) is -0.0384. The van der Waals surface area contributed by atoms with Gasteiger partial charge in [-0.2, -0.15) is 0 Å². The molecule has 2 aromatic carbocycles. The highest BCUT2D eigenvalue weighted by molar-refractivity contribution is 7.94. The summed E-state index contributed by atoms with van der Waals surface area (Å²) in [5.74, 6) is -1.83. The van der Waals surface area contributed by atoms with Crippen molar-refractivity contribution in [1.82, 2.24) is 4.40 Å². The van der Waals surface area contributed by atoms with Crippen LogP contribution in [0.3, 0.4) is 0 Å². The van der Waals surface area contributed by atoms with E-state index in [0.29, 0.717) is 10.8 Å². The Morgan fingerprint density at radius 3 is 2.03 bits per heavy atom. The molecule has 0 N–H and O–H groups in total. The normalized spacial score (nSPS) is 12.4. The molecule has 0 amide bonds. The molecule has 0 atom stereocenters. The Hall–Kier alpha value is -3.04. The molecule has 6 nitrogen and oxygen atoms in total. The molecule has 2 aromatic heterocycles. The van der Waals surface area contributed by atoms with E-state index in [4.69, 9.17) is 0 Å². The second-order valence-electron chi connectivity index (χ2n) is 8.10. The molecule has 0 fully saturated rings. The highest BCUT2D eigenvalue weighted by Crippen LogP contribution is 2.38. The monoisotopic (exact) mass is 501 g/mol. The third kappa shape index (κ3) is 4.03. The van der Waals surface area contributed by atoms with E-state index in [0.717, 1.165) is 12.1 Å². The molecule has 2 heterocycles. The molecule has 0 aliphatic carbocycles. The van der Waals surface area contributed by atoms with Crippen molar-refractivity contribution in [2.75, 3.05) is 11.5 Å². The van der Waals surface area contributed by atoms with Gasteiger partial charge in [-0.05, 0) is 48.6 Å². The van der Waals surface area contributed by atoms with E-state index in [1.807, 2.05) is 0 Å². The van der Waals surface area contributed by atoms with Crippen molar-refractivity contribution in [2.24, 2.45) is 0 Å². The summed E-state index contributed by atoms with van der Waals surface area (Å²) in [4.78, 5) is 12.9. The second kappa shape index (κ2) is 8.96. The zero-order chi connectivity index (χ0) is 24.7. The minimum absolute atomic E-state index is 0.0568. The summed E-state index contributed by atoms with van der Waals surface area (Å²) in [6.45, 7) is 3.36. The first-order valence-corrected chi connectivity index (χ1v) is 14.2. The summed E-state index contributed by atoms with van der Waals surface area (Å²) in [7, 11) is -8.23. The summed E-state index contributed by atoms with van der Waals surface area (Å²) < 4.78 is 69.0. The lowest BCUT2D eigenvalue weighted by Gasteiger charge is -2.09. The van der Waals surface area contributed by atoms with Gasteiger partial charge in [0.2, 0.25) is 5.78 Å². The fraction of sp³-hybridized carbons (Fsp3) is 0.240. The number of hydrogen-bond acceptors (Lipinski definition) is 5. The highest BCUT2D eigenvalue weighted by Gasteiger charge is 2.37. The number of rotatable bonds is 8. The van der Waals surface area contributed by atoms with E-state index in [2.05, 4.69) is 0 Å². The molecule has 4 aromatic rings. The van der Waals surface area contributed by atoms with Gasteiger partial charge < -0.3 is 4.40 Å². The van der Waals surface area contributed by atoms with E-state index < -0.39 is 36.2 Å². The van der Waals surface area contributed by atoms with Crippen molar-refractivity contribution >= 4 is 41.7 Å². The molecule has 0 unspecified atom stereocenters. The van der Waals surface area contributed by atoms with Crippen LogP contribution in [0.2, 0.25) is 0 Å². The SMILES string of the molecule is CCCS(=O)(=O)c1c(S(=O)(=O)CCC)c2c3ccccc3ccn2c1C(=O)c1ccc(F)cc1. The molecule has 0 radical (unpaired) electrons. The largest absolute Gasteiger partial charge is 0.311 e. The van der Waals surface area contributed by atoms with Crippen molar-refractivity contribution in [2.45, 2.75) is 36.5 Å². The lowest BCUT2D eigenvalue weighted by Crippen LogP contribution is -2.17. The number of aromatic nitrogens is 1. The molecule has 0 spiro atoms. The van der Waals surface area contributed by atoms with E-state index >= 15 is 0 Å². The maximum absolute atomic E-state index is 13.7. The van der Waals surface area contributed by atoms with Gasteiger partial charge in [0.15, 0.2) is 19.7 Å². The number of nitrogens with zero attached hydrogens (tertiary/aromatic N) is 1. The third-order valence-corrected chi connectivity index (χ3v) is 9.69. The summed E-state index contributed by atoms with van der Waals surface area (Å²) in [5, 5.41) is 1.23. The number of fused-ring (bicyclic) bond motifs is 3. The molecule has 9 heteroatoms. The summed E-state index contributed by atoms with van der Waals surface area (Å²) >= 11 is 0. The first kappa shape index (κ1) is 24.1. The molecule has 4 rings (SSSR count). The summed E-state index contributed by atoms with van der Waals surface area (Å²) in [6, 6.07) is 13.5. The van der Waals surface area contributed by atoms with Crippen LogP contribution in [0, 0.1) is 5.82 Å². The smallest absolute Gasteiger partial charge is 0.211 e. The minimum atomic E-state index is -4.16. The van der Waals surface area contributed by atoms with E-state index in [-0.39, 0.29) is 46.0 Å². The lowest BCUT2D eigenvalue weighted by atomic mass is 10.1. The van der Waals surface area contributed by atoms with Crippen LogP contribution in [0.5, 0.6) is 0 Å². The van der Waals surface area contributed by atoms with Crippen LogP contribution in [0.4, 0.5) is 4.39 Å². The average Bonchev–Trinajstić information content (AvgIpc) is 3.17. The fourth-order valence-corrected chi connectivity index (χ4v) is 8.22. The number of pyridine rings is 1. The van der Waals surface area contributed by atoms with Crippen LogP contribution in [-0.2, 0) is 19.7 Å². The van der Waals surface area contributed by atoms with E-state index in [1.54, 1.807) is 44.2 Å². The third-order valence-electron chi connectivity index (χ3n) is 5.63. The number of sulfone groups is 2. The van der Waals surface area contributed by atoms with E-state index in [9.17, 15) is 26.0 Å². The van der Waals surface area contributed by atoms with Crippen LogP contribution in [0.25, 0.3) is 16.3 Å². The number of benzene rings is 2. The standard InChI is InChI=1S/C25H24FNO5S2/c1-3-15-33(29,30)24-21-20-8-6-5-7-17(20)13-14-27(21)22(25(24)34(31,32)16-4-2)23(28)18-9-11-19(26)12-10-18/h5-14H,3-4,15-16H2,1-2H3. The van der Waals surface area contributed by atoms with Gasteiger partial charge in [-0.25, -0.2) is 21.2 Å². The van der Waals surface area contributed by atoms with Crippen LogP contribution in [0.1, 0.15) is 42.7 Å². The number of carbonyl (C=O) groups is 1. The average molecular weight is 502 g/mol. The van der Waals surface area contributed by atoms with Gasteiger partial charge in [-0.15, -0.1) is 0 Å². The molecule has 0 aliphatic heterocycles. The molecule has 0 saturated heterocycles. The molecule has 178 valence electrons. The van der Waals surface area contributed by atoms with Crippen molar-refractivity contribution in [1.29, 1.82) is 0 Å². The fourth-order valence-electron chi connectivity index (χ4n) is 4.23. The predicted molar refractivity (Wildman–Crippen MR) is 129 cm³/mol. The Kier molecular flexibility index (Phi) is 6.35. The molecule has 34 heavy (non-hydrogen) atoms. The van der Waals surface area contributed by atoms with E-state index in [1.165, 1.54) is 22.7 Å². The Labute approximate surface area is 197 Å². The molecular formula is C25H24FNO5S2. The number of halogens is 1. The lowest BCUT2D eigenvalue weighted by molar-refractivity contribution is 0.103. The number of ketones is 1. The van der Waals surface area contributed by atoms with Gasteiger partial charge in [-0.1, -0.05) is 38.1 Å². The van der Waals surface area contributed by atoms with Gasteiger partial charge in [0.05, 0.1) is 17.0 Å². The number of hydrogen-bond donors (Lipinski definition) is 0. The topological polar surface area (TPSA) is 89.8 Å². The highest BCUT2D eigenvalue weighted by atomic mass is 32.2. The van der Waals surface area contributed by atoms with Gasteiger partial charge in [0, 0.05) is 17.1 Å². The van der Waals surface area contributed by atoms with Crippen LogP contribution >= 0.6 is 0 Å². The van der Waals surface area contributed by atoms with Crippen LogP contribution in [-0.4, -0.2) is 38.5 Å². The van der Waals surface area contributed by atoms with Crippen LogP contribution < -0.4 is 0 Å². The van der Waals surface area contributed by atoms with Gasteiger partial charge >= 0.3 is 0 Å². The van der Waals surface area contributed by atoms with Crippen molar-refractivity contribution in [3.8, 4) is 0 Å². The Morgan fingerprint density at radius 2 is 1.41 bits per heavy atom. The first-order valence-electron chi connectivity index (χ1n) is 10.9. The van der Waals surface area contributed by atoms with Gasteiger partial charge in [0.1, 0.15) is 21.3 Å². The van der Waals surface area contributed by atoms with Crippen molar-refractivity contribution in [3.05, 3.63) is 77.9 Å². The predicted octanol–water partition coefficient (Wildman–Crippen LogP) is 4.83. The Morgan fingerprint density at radius 1 is 0.824 bits per heavy atom. The Bertz CT molecular complexity index is 1620. The molecule has 0 aliphatic rings. The summed E-state index contributed by atoms with van der Waals surface area (Å²) in [6.07, 6.45) is 2.04. The molecule has 0 saturated carbocycles. The van der Waals surface area contributed by atoms with Crippen LogP contribution in [0.15, 0.2) is 70.6 Å². The van der Waals surface area contributed by atoms with Gasteiger partial charge in [-0.3, -0.25) is 4.79 Å². The quantitative estimate of drug-likeness (QED) is 0.323.